The first-order valence-corrected chi connectivity index (χ1v) is 7.40. The van der Waals surface area contributed by atoms with Gasteiger partial charge in [-0.2, -0.15) is 5.10 Å². The lowest BCUT2D eigenvalue weighted by Crippen LogP contribution is -2.30. The maximum atomic E-state index is 12.3. The summed E-state index contributed by atoms with van der Waals surface area (Å²) in [5.41, 5.74) is 1.50. The number of hydrogen-bond donors (Lipinski definition) is 1. The van der Waals surface area contributed by atoms with Crippen molar-refractivity contribution in [1.29, 1.82) is 0 Å². The van der Waals surface area contributed by atoms with Crippen molar-refractivity contribution in [2.75, 3.05) is 0 Å². The molecule has 23 heavy (non-hydrogen) atoms. The van der Waals surface area contributed by atoms with E-state index in [2.05, 4.69) is 5.10 Å². The molecule has 1 aromatic heterocycles. The number of nitrogens with zero attached hydrogens (tertiary/aromatic N) is 2. The van der Waals surface area contributed by atoms with Gasteiger partial charge in [0.25, 0.3) is 5.56 Å². The summed E-state index contributed by atoms with van der Waals surface area (Å²) in [7, 11) is 0. The van der Waals surface area contributed by atoms with Crippen LogP contribution in [-0.2, 0) is 17.9 Å². The molecule has 0 bridgehead atoms. The van der Waals surface area contributed by atoms with Crippen molar-refractivity contribution in [1.82, 2.24) is 9.78 Å². The minimum Gasteiger partial charge on any atom is -0.486 e. The summed E-state index contributed by atoms with van der Waals surface area (Å²) >= 11 is 0. The summed E-state index contributed by atoms with van der Waals surface area (Å²) in [5.74, 6) is -0.665. The van der Waals surface area contributed by atoms with Gasteiger partial charge >= 0.3 is 5.97 Å². The summed E-state index contributed by atoms with van der Waals surface area (Å²) in [6.45, 7) is 5.35. The fourth-order valence-corrected chi connectivity index (χ4v) is 2.23. The maximum Gasteiger partial charge on any atom is 0.325 e. The molecule has 0 amide bonds. The molecule has 0 saturated heterocycles. The van der Waals surface area contributed by atoms with Crippen molar-refractivity contribution < 1.29 is 14.6 Å². The van der Waals surface area contributed by atoms with Crippen LogP contribution < -0.4 is 10.3 Å². The van der Waals surface area contributed by atoms with Gasteiger partial charge in [-0.1, -0.05) is 44.2 Å². The third-order valence-corrected chi connectivity index (χ3v) is 3.41. The van der Waals surface area contributed by atoms with E-state index >= 15 is 0 Å². The van der Waals surface area contributed by atoms with Gasteiger partial charge in [0.05, 0.1) is 5.56 Å². The molecule has 0 saturated carbocycles. The van der Waals surface area contributed by atoms with Gasteiger partial charge in [0, 0.05) is 5.92 Å². The Kier molecular flexibility index (Phi) is 5.16. The standard InChI is InChI=1S/C17H20N2O4/c1-11(2)15-16(23-10-13-7-5-4-6-8-13)12(3)17(22)19(18-15)9-14(20)21/h4-8,11H,9-10H2,1-3H3,(H,20,21). The van der Waals surface area contributed by atoms with Crippen LogP contribution in [0.5, 0.6) is 5.75 Å². The number of carbonyl (C=O) groups is 1. The van der Waals surface area contributed by atoms with E-state index in [1.807, 2.05) is 44.2 Å². The largest absolute Gasteiger partial charge is 0.486 e. The molecule has 1 heterocycles. The molecular formula is C17H20N2O4. The number of hydrogen-bond acceptors (Lipinski definition) is 4. The molecule has 0 aliphatic rings. The Balaban J connectivity index is 2.39. The van der Waals surface area contributed by atoms with E-state index in [0.29, 0.717) is 23.6 Å². The number of benzene rings is 1. The van der Waals surface area contributed by atoms with E-state index in [0.717, 1.165) is 10.2 Å². The molecule has 0 unspecified atom stereocenters. The number of ether oxygens (including phenoxy) is 1. The quantitative estimate of drug-likeness (QED) is 0.884. The third-order valence-electron chi connectivity index (χ3n) is 3.41. The van der Waals surface area contributed by atoms with Gasteiger partial charge in [0.2, 0.25) is 0 Å². The molecule has 6 nitrogen and oxygen atoms in total. The number of aromatic nitrogens is 2. The number of aliphatic carboxylic acids is 1. The average molecular weight is 316 g/mol. The van der Waals surface area contributed by atoms with E-state index in [9.17, 15) is 9.59 Å². The highest BCUT2D eigenvalue weighted by molar-refractivity contribution is 5.66. The molecule has 1 N–H and O–H groups in total. The lowest BCUT2D eigenvalue weighted by molar-refractivity contribution is -0.138. The topological polar surface area (TPSA) is 81.4 Å². The fraction of sp³-hybridized carbons (Fsp3) is 0.353. The van der Waals surface area contributed by atoms with Gasteiger partial charge in [-0.25, -0.2) is 4.68 Å². The molecule has 0 radical (unpaired) electrons. The van der Waals surface area contributed by atoms with Crippen LogP contribution in [0.15, 0.2) is 35.1 Å². The zero-order valence-corrected chi connectivity index (χ0v) is 13.4. The summed E-state index contributed by atoms with van der Waals surface area (Å²) in [5, 5.41) is 13.1. The predicted octanol–water partition coefficient (Wildman–Crippen LogP) is 2.34. The predicted molar refractivity (Wildman–Crippen MR) is 85.7 cm³/mol. The summed E-state index contributed by atoms with van der Waals surface area (Å²) in [4.78, 5) is 23.1. The first kappa shape index (κ1) is 16.7. The molecule has 2 aromatic rings. The van der Waals surface area contributed by atoms with Gasteiger partial charge < -0.3 is 9.84 Å². The molecule has 0 fully saturated rings. The minimum atomic E-state index is -1.10. The zero-order chi connectivity index (χ0) is 17.0. The average Bonchev–Trinajstić information content (AvgIpc) is 2.51. The van der Waals surface area contributed by atoms with E-state index in [4.69, 9.17) is 9.84 Å². The molecule has 122 valence electrons. The van der Waals surface area contributed by atoms with Crippen LogP contribution in [0.3, 0.4) is 0 Å². The van der Waals surface area contributed by atoms with Crippen molar-refractivity contribution in [2.45, 2.75) is 39.8 Å². The Bertz CT molecular complexity index is 751. The Morgan fingerprint density at radius 1 is 1.30 bits per heavy atom. The molecule has 6 heteroatoms. The van der Waals surface area contributed by atoms with E-state index < -0.39 is 18.1 Å². The van der Waals surface area contributed by atoms with Gasteiger partial charge in [0.1, 0.15) is 18.8 Å². The van der Waals surface area contributed by atoms with Crippen molar-refractivity contribution in [3.05, 3.63) is 57.5 Å². The minimum absolute atomic E-state index is 0.000109. The van der Waals surface area contributed by atoms with Gasteiger partial charge in [0.15, 0.2) is 5.75 Å². The fourth-order valence-electron chi connectivity index (χ4n) is 2.23. The highest BCUT2D eigenvalue weighted by Gasteiger charge is 2.19. The van der Waals surface area contributed by atoms with Crippen LogP contribution >= 0.6 is 0 Å². The van der Waals surface area contributed by atoms with Crippen molar-refractivity contribution >= 4 is 5.97 Å². The van der Waals surface area contributed by atoms with Crippen molar-refractivity contribution in [3.8, 4) is 5.75 Å². The second kappa shape index (κ2) is 7.09. The lowest BCUT2D eigenvalue weighted by atomic mass is 10.1. The molecule has 2 rings (SSSR count). The Hall–Kier alpha value is -2.63. The third kappa shape index (κ3) is 3.97. The van der Waals surface area contributed by atoms with E-state index in [-0.39, 0.29) is 5.92 Å². The second-order valence-corrected chi connectivity index (χ2v) is 5.62. The summed E-state index contributed by atoms with van der Waals surface area (Å²) in [6, 6.07) is 9.62. The number of rotatable bonds is 6. The van der Waals surface area contributed by atoms with Gasteiger partial charge in [-0.05, 0) is 12.5 Å². The highest BCUT2D eigenvalue weighted by Crippen LogP contribution is 2.26. The molecule has 0 spiro atoms. The number of carboxylic acid groups (broad SMARTS) is 1. The van der Waals surface area contributed by atoms with Crippen molar-refractivity contribution in [3.63, 3.8) is 0 Å². The van der Waals surface area contributed by atoms with Gasteiger partial charge in [-0.3, -0.25) is 9.59 Å². The highest BCUT2D eigenvalue weighted by atomic mass is 16.5. The Morgan fingerprint density at radius 2 is 1.96 bits per heavy atom. The maximum absolute atomic E-state index is 12.3. The second-order valence-electron chi connectivity index (χ2n) is 5.62. The molecule has 1 aromatic carbocycles. The molecule has 0 atom stereocenters. The van der Waals surface area contributed by atoms with Crippen LogP contribution in [0, 0.1) is 6.92 Å². The number of carboxylic acids is 1. The smallest absolute Gasteiger partial charge is 0.325 e. The van der Waals surface area contributed by atoms with Crippen LogP contribution in [0.25, 0.3) is 0 Å². The zero-order valence-electron chi connectivity index (χ0n) is 13.4. The van der Waals surface area contributed by atoms with Crippen LogP contribution in [0.2, 0.25) is 0 Å². The van der Waals surface area contributed by atoms with Crippen molar-refractivity contribution in [2.24, 2.45) is 0 Å². The summed E-state index contributed by atoms with van der Waals surface area (Å²) < 4.78 is 6.81. The van der Waals surface area contributed by atoms with E-state index in [1.165, 1.54) is 0 Å². The monoisotopic (exact) mass is 316 g/mol. The van der Waals surface area contributed by atoms with Crippen LogP contribution in [0.4, 0.5) is 0 Å². The lowest BCUT2D eigenvalue weighted by Gasteiger charge is -2.17. The Morgan fingerprint density at radius 3 is 2.52 bits per heavy atom. The molecule has 0 aliphatic heterocycles. The normalized spacial score (nSPS) is 10.8. The molecular weight excluding hydrogens is 296 g/mol. The Labute approximate surface area is 134 Å². The van der Waals surface area contributed by atoms with Crippen LogP contribution in [-0.4, -0.2) is 20.9 Å². The first-order valence-electron chi connectivity index (χ1n) is 7.40. The van der Waals surface area contributed by atoms with Crippen LogP contribution in [0.1, 0.15) is 36.6 Å². The summed E-state index contributed by atoms with van der Waals surface area (Å²) in [6.07, 6.45) is 0. The first-order chi connectivity index (χ1) is 10.9. The van der Waals surface area contributed by atoms with E-state index in [1.54, 1.807) is 6.92 Å². The SMILES string of the molecule is Cc1c(OCc2ccccc2)c(C(C)C)nn(CC(=O)O)c1=O. The van der Waals surface area contributed by atoms with Gasteiger partial charge in [-0.15, -0.1) is 0 Å². The molecule has 0 aliphatic carbocycles.